The third-order valence-corrected chi connectivity index (χ3v) is 15.5. The highest BCUT2D eigenvalue weighted by Crippen LogP contribution is 2.37. The molecule has 0 aliphatic carbocycles. The third kappa shape index (κ3) is 11.3. The average molecular weight is 1030 g/mol. The van der Waals surface area contributed by atoms with E-state index in [-0.39, 0.29) is 48.4 Å². The Kier molecular flexibility index (Phi) is 14.5. The highest BCUT2D eigenvalue weighted by molar-refractivity contribution is 7.22. The minimum Gasteiger partial charge on any atom is -0.490 e. The molecule has 6 heterocycles. The molecule has 0 saturated carbocycles. The van der Waals surface area contributed by atoms with E-state index in [1.165, 1.54) is 11.3 Å². The number of aromatic nitrogens is 4. The molecule has 3 aliphatic rings. The lowest BCUT2D eigenvalue weighted by Crippen LogP contribution is -2.39. The number of amides is 4. The van der Waals surface area contributed by atoms with Gasteiger partial charge in [0, 0.05) is 43.1 Å². The Hall–Kier alpha value is -7.50. The molecule has 388 valence electrons. The molecule has 7 aromatic rings. The lowest BCUT2D eigenvalue weighted by molar-refractivity contribution is -0.134. The summed E-state index contributed by atoms with van der Waals surface area (Å²) in [5, 5.41) is 14.5. The first-order valence-electron chi connectivity index (χ1n) is 25.9. The molecule has 3 N–H and O–H groups in total. The smallest absolute Gasteiger partial charge is 0.358 e. The maximum Gasteiger partial charge on any atom is 0.358 e. The van der Waals surface area contributed by atoms with Gasteiger partial charge in [0.25, 0.3) is 5.91 Å². The van der Waals surface area contributed by atoms with E-state index >= 15 is 0 Å². The quantitative estimate of drug-likeness (QED) is 0.0692. The van der Waals surface area contributed by atoms with Gasteiger partial charge in [-0.1, -0.05) is 59.9 Å². The predicted molar refractivity (Wildman–Crippen MR) is 291 cm³/mol. The number of fused-ring (bicyclic) bond motifs is 3. The van der Waals surface area contributed by atoms with E-state index in [2.05, 4.69) is 48.8 Å². The zero-order valence-electron chi connectivity index (χ0n) is 43.3. The highest BCUT2D eigenvalue weighted by atomic mass is 32.1. The van der Waals surface area contributed by atoms with Crippen LogP contribution < -0.4 is 25.6 Å². The van der Waals surface area contributed by atoms with E-state index in [1.807, 2.05) is 113 Å². The first kappa shape index (κ1) is 51.0. The maximum absolute atomic E-state index is 14.1. The second-order valence-electron chi connectivity index (χ2n) is 21.0. The third-order valence-electron chi connectivity index (χ3n) is 14.5. The van der Waals surface area contributed by atoms with Crippen molar-refractivity contribution in [2.75, 3.05) is 41.7 Å². The van der Waals surface area contributed by atoms with Crippen molar-refractivity contribution in [2.24, 2.45) is 13.0 Å². The van der Waals surface area contributed by atoms with Crippen LogP contribution in [-0.2, 0) is 39.1 Å². The van der Waals surface area contributed by atoms with E-state index in [9.17, 15) is 24.0 Å². The Morgan fingerprint density at radius 3 is 2.44 bits per heavy atom. The van der Waals surface area contributed by atoms with Gasteiger partial charge >= 0.3 is 5.97 Å². The average Bonchev–Trinajstić information content (AvgIpc) is 3.98. The van der Waals surface area contributed by atoms with Gasteiger partial charge in [0.15, 0.2) is 10.8 Å². The van der Waals surface area contributed by atoms with Gasteiger partial charge in [0.1, 0.15) is 17.2 Å². The molecule has 4 aromatic carbocycles. The van der Waals surface area contributed by atoms with Crippen LogP contribution >= 0.6 is 11.3 Å². The van der Waals surface area contributed by atoms with Gasteiger partial charge in [-0.25, -0.2) is 14.8 Å². The van der Waals surface area contributed by atoms with Crippen molar-refractivity contribution < 1.29 is 33.4 Å². The van der Waals surface area contributed by atoms with Crippen LogP contribution in [0.2, 0.25) is 0 Å². The number of benzene rings is 4. The molecule has 0 radical (unpaired) electrons. The Morgan fingerprint density at radius 1 is 0.867 bits per heavy atom. The minimum atomic E-state index is -0.757. The number of nitrogens with one attached hydrogen (secondary N) is 3. The number of likely N-dealkylation sites (tertiary alicyclic amines) is 1. The number of anilines is 3. The SMILES string of the molecule is Cc1c(O[C@H](C)CCC2CCN(CC(=O)Nc3cccc4c(C5CCC(=O)NC5=O)nn(C)c34)CC2)cccc1-c1ccc(N2CCc3cccc(C(=O)Nc4nc5ccccc5s4)c3C2)nc1C(=O)OC(C)(C)C. The summed E-state index contributed by atoms with van der Waals surface area (Å²) in [7, 11) is 1.80. The molecule has 0 bridgehead atoms. The lowest BCUT2D eigenvalue weighted by Gasteiger charge is -2.32. The molecule has 3 aromatic heterocycles. The molecular formula is C58H63N9O7S. The summed E-state index contributed by atoms with van der Waals surface area (Å²) in [5.41, 5.74) is 7.21. The van der Waals surface area contributed by atoms with Gasteiger partial charge in [0.05, 0.1) is 45.7 Å². The second kappa shape index (κ2) is 21.4. The molecule has 4 amide bonds. The van der Waals surface area contributed by atoms with Crippen LogP contribution in [0.25, 0.3) is 32.2 Å². The van der Waals surface area contributed by atoms with Crippen molar-refractivity contribution in [3.8, 4) is 16.9 Å². The number of carbonyl (C=O) groups excluding carboxylic acids is 5. The number of imide groups is 1. The molecule has 10 rings (SSSR count). The number of rotatable bonds is 14. The number of para-hydroxylation sites is 2. The van der Waals surface area contributed by atoms with Crippen LogP contribution in [0.1, 0.15) is 115 Å². The molecule has 2 fully saturated rings. The molecule has 17 heteroatoms. The lowest BCUT2D eigenvalue weighted by atomic mass is 9.91. The molecule has 16 nitrogen and oxygen atoms in total. The van der Waals surface area contributed by atoms with Gasteiger partial charge in [-0.3, -0.25) is 39.4 Å². The van der Waals surface area contributed by atoms with Crippen LogP contribution in [0.4, 0.5) is 16.6 Å². The maximum atomic E-state index is 14.1. The van der Waals surface area contributed by atoms with E-state index < -0.39 is 17.5 Å². The molecule has 0 spiro atoms. The Labute approximate surface area is 440 Å². The van der Waals surface area contributed by atoms with E-state index in [0.29, 0.717) is 65.3 Å². The molecular weight excluding hydrogens is 967 g/mol. The van der Waals surface area contributed by atoms with Crippen LogP contribution in [0.15, 0.2) is 91.0 Å². The number of pyridine rings is 1. The topological polar surface area (TPSA) is 190 Å². The predicted octanol–water partition coefficient (Wildman–Crippen LogP) is 9.74. The Bertz CT molecular complexity index is 3320. The van der Waals surface area contributed by atoms with Crippen molar-refractivity contribution in [2.45, 2.75) is 104 Å². The standard InChI is InChI=1S/C58H63N9O7S/c1-34(20-21-36-26-29-66(30-27-36)33-50(69)59-45-17-10-15-41-51(64-65(6)53(41)45)42-23-25-49(68)62-55(42)71)73-46-18-11-13-38(35(46)2)39-22-24-48(61-52(39)56(72)74-58(3,4)5)67-31-28-37-12-9-14-40(43(37)32-67)54(70)63-57-60-44-16-7-8-19-47(44)75-57/h7-19,22,24,34,36,42H,20-21,23,25-33H2,1-6H3,(H,59,69)(H,60,63,70)(H,62,68,71)/t34-,42?/m1/s1. The van der Waals surface area contributed by atoms with Gasteiger partial charge in [-0.15, -0.1) is 0 Å². The second-order valence-corrected chi connectivity index (χ2v) is 22.1. The number of thiazole rings is 1. The molecule has 2 saturated heterocycles. The summed E-state index contributed by atoms with van der Waals surface area (Å²) in [5.74, 6) is -0.154. The van der Waals surface area contributed by atoms with Crippen LogP contribution in [0, 0.1) is 12.8 Å². The normalized spacial score (nSPS) is 16.9. The molecule has 1 unspecified atom stereocenters. The first-order valence-corrected chi connectivity index (χ1v) is 26.7. The monoisotopic (exact) mass is 1030 g/mol. The van der Waals surface area contributed by atoms with Gasteiger partial charge in [0.2, 0.25) is 17.7 Å². The van der Waals surface area contributed by atoms with Crippen molar-refractivity contribution in [3.05, 3.63) is 125 Å². The number of hydrogen-bond donors (Lipinski definition) is 3. The van der Waals surface area contributed by atoms with Crippen molar-refractivity contribution in [1.29, 1.82) is 0 Å². The fourth-order valence-corrected chi connectivity index (χ4v) is 11.5. The first-order chi connectivity index (χ1) is 36.0. The molecule has 75 heavy (non-hydrogen) atoms. The number of carbonyl (C=O) groups is 5. The number of hydrogen-bond acceptors (Lipinski definition) is 13. The van der Waals surface area contributed by atoms with E-state index in [0.717, 1.165) is 87.9 Å². The summed E-state index contributed by atoms with van der Waals surface area (Å²) in [4.78, 5) is 79.7. The summed E-state index contributed by atoms with van der Waals surface area (Å²) in [6.45, 7) is 12.6. The Morgan fingerprint density at radius 2 is 1.65 bits per heavy atom. The van der Waals surface area contributed by atoms with Crippen molar-refractivity contribution in [1.82, 2.24) is 30.0 Å². The minimum absolute atomic E-state index is 0.0750. The van der Waals surface area contributed by atoms with Crippen LogP contribution in [0.3, 0.4) is 0 Å². The summed E-state index contributed by atoms with van der Waals surface area (Å²) in [6, 6.07) is 29.0. The molecule has 3 aliphatic heterocycles. The highest BCUT2D eigenvalue weighted by Gasteiger charge is 2.33. The summed E-state index contributed by atoms with van der Waals surface area (Å²) < 4.78 is 15.3. The summed E-state index contributed by atoms with van der Waals surface area (Å²) in [6.07, 6.45) is 5.08. The largest absolute Gasteiger partial charge is 0.490 e. The van der Waals surface area contributed by atoms with Crippen LogP contribution in [0.5, 0.6) is 5.75 Å². The zero-order valence-corrected chi connectivity index (χ0v) is 44.1. The fourth-order valence-electron chi connectivity index (χ4n) is 10.7. The number of aryl methyl sites for hydroxylation is 1. The van der Waals surface area contributed by atoms with E-state index in [1.54, 1.807) is 11.7 Å². The van der Waals surface area contributed by atoms with Gasteiger partial charge in [-0.05, 0) is 157 Å². The van der Waals surface area contributed by atoms with E-state index in [4.69, 9.17) is 14.5 Å². The zero-order chi connectivity index (χ0) is 52.5. The Balaban J connectivity index is 0.762. The van der Waals surface area contributed by atoms with Crippen molar-refractivity contribution in [3.63, 3.8) is 0 Å². The van der Waals surface area contributed by atoms with Gasteiger partial charge in [-0.2, -0.15) is 5.10 Å². The fraction of sp³-hybridized carbons (Fsp3) is 0.379. The number of ether oxygens (including phenoxy) is 2. The number of esters is 1. The summed E-state index contributed by atoms with van der Waals surface area (Å²) >= 11 is 1.44. The van der Waals surface area contributed by atoms with Gasteiger partial charge < -0.3 is 19.7 Å². The van der Waals surface area contributed by atoms with Crippen molar-refractivity contribution >= 4 is 78.7 Å². The molecule has 2 atom stereocenters. The van der Waals surface area contributed by atoms with Crippen LogP contribution in [-0.4, -0.2) is 92.1 Å². The number of piperidine rings is 2. The number of nitrogens with zero attached hydrogens (tertiary/aromatic N) is 6.